The number of rotatable bonds is 4. The summed E-state index contributed by atoms with van der Waals surface area (Å²) >= 11 is 0. The maximum atomic E-state index is 11.0. The molecule has 0 saturated carbocycles. The molecule has 0 aromatic rings. The Balaban J connectivity index is 2.22. The number of amides is 1. The highest BCUT2D eigenvalue weighted by atomic mass is 16.7. The van der Waals surface area contributed by atoms with Crippen LogP contribution in [-0.4, -0.2) is 29.8 Å². The van der Waals surface area contributed by atoms with Crippen molar-refractivity contribution in [2.45, 2.75) is 6.42 Å². The molecule has 1 heterocycles. The zero-order valence-electron chi connectivity index (χ0n) is 6.69. The van der Waals surface area contributed by atoms with Crippen molar-refractivity contribution in [2.75, 3.05) is 6.61 Å². The van der Waals surface area contributed by atoms with Crippen molar-refractivity contribution in [1.29, 1.82) is 0 Å². The van der Waals surface area contributed by atoms with E-state index < -0.39 is 18.5 Å². The predicted octanol–water partition coefficient (Wildman–Crippen LogP) is -0.523. The number of carboxylic acids is 1. The Kier molecular flexibility index (Phi) is 3.15. The molecule has 0 bridgehead atoms. The highest BCUT2D eigenvalue weighted by Crippen LogP contribution is 2.05. The maximum absolute atomic E-state index is 11.0. The Morgan fingerprint density at radius 1 is 1.69 bits per heavy atom. The van der Waals surface area contributed by atoms with Crippen molar-refractivity contribution < 1.29 is 19.5 Å². The molecule has 0 aliphatic carbocycles. The van der Waals surface area contributed by atoms with E-state index in [-0.39, 0.29) is 0 Å². The summed E-state index contributed by atoms with van der Waals surface area (Å²) < 4.78 is 0. The van der Waals surface area contributed by atoms with Crippen LogP contribution in [0.4, 0.5) is 0 Å². The van der Waals surface area contributed by atoms with E-state index in [1.165, 1.54) is 6.20 Å². The van der Waals surface area contributed by atoms with Crippen molar-refractivity contribution in [3.05, 3.63) is 11.8 Å². The summed E-state index contributed by atoms with van der Waals surface area (Å²) in [5.74, 6) is -1.60. The van der Waals surface area contributed by atoms with Crippen LogP contribution in [0.25, 0.3) is 0 Å². The van der Waals surface area contributed by atoms with Gasteiger partial charge in [0.15, 0.2) is 6.61 Å². The normalized spacial score (nSPS) is 14.0. The SMILES string of the molecule is O=C(O)CONC(=O)C1=CN=CC1. The van der Waals surface area contributed by atoms with Crippen molar-refractivity contribution in [3.8, 4) is 0 Å². The van der Waals surface area contributed by atoms with E-state index in [2.05, 4.69) is 9.83 Å². The molecule has 0 saturated heterocycles. The summed E-state index contributed by atoms with van der Waals surface area (Å²) in [6.07, 6.45) is 3.42. The lowest BCUT2D eigenvalue weighted by molar-refractivity contribution is -0.148. The lowest BCUT2D eigenvalue weighted by Crippen LogP contribution is -2.27. The molecule has 0 aromatic carbocycles. The summed E-state index contributed by atoms with van der Waals surface area (Å²) in [6.45, 7) is -0.556. The van der Waals surface area contributed by atoms with Crippen LogP contribution in [0.5, 0.6) is 0 Å². The maximum Gasteiger partial charge on any atom is 0.332 e. The van der Waals surface area contributed by atoms with Gasteiger partial charge in [0.1, 0.15) is 0 Å². The number of nitrogens with one attached hydrogen (secondary N) is 1. The fourth-order valence-corrected chi connectivity index (χ4v) is 0.727. The van der Waals surface area contributed by atoms with Crippen molar-refractivity contribution in [2.24, 2.45) is 4.99 Å². The molecular formula is C7H8N2O4. The molecule has 2 N–H and O–H groups in total. The summed E-state index contributed by atoms with van der Waals surface area (Å²) in [6, 6.07) is 0. The molecule has 0 aromatic heterocycles. The molecule has 0 unspecified atom stereocenters. The molecule has 6 nitrogen and oxygen atoms in total. The van der Waals surface area contributed by atoms with E-state index in [9.17, 15) is 9.59 Å². The third-order valence-electron chi connectivity index (χ3n) is 1.30. The number of hydrogen-bond donors (Lipinski definition) is 2. The average molecular weight is 184 g/mol. The van der Waals surface area contributed by atoms with Gasteiger partial charge in [0.25, 0.3) is 5.91 Å². The summed E-state index contributed by atoms with van der Waals surface area (Å²) in [4.78, 5) is 29.1. The second-order valence-corrected chi connectivity index (χ2v) is 2.30. The number of carboxylic acid groups (broad SMARTS) is 1. The molecule has 70 valence electrons. The molecular weight excluding hydrogens is 176 g/mol. The van der Waals surface area contributed by atoms with Gasteiger partial charge in [0.05, 0.1) is 0 Å². The standard InChI is InChI=1S/C7H8N2O4/c10-6(11)4-13-9-7(12)5-1-2-8-3-5/h2-3H,1,4H2,(H,9,12)(H,10,11). The van der Waals surface area contributed by atoms with Crippen LogP contribution in [-0.2, 0) is 14.4 Å². The van der Waals surface area contributed by atoms with E-state index in [1.807, 2.05) is 5.48 Å². The van der Waals surface area contributed by atoms with Gasteiger partial charge >= 0.3 is 5.97 Å². The van der Waals surface area contributed by atoms with Crippen LogP contribution in [0, 0.1) is 0 Å². The number of hydroxylamine groups is 1. The predicted molar refractivity (Wildman–Crippen MR) is 42.9 cm³/mol. The van der Waals surface area contributed by atoms with Gasteiger partial charge in [0, 0.05) is 24.4 Å². The van der Waals surface area contributed by atoms with Crippen LogP contribution in [0.15, 0.2) is 16.8 Å². The van der Waals surface area contributed by atoms with Gasteiger partial charge in [-0.3, -0.25) is 14.6 Å². The van der Waals surface area contributed by atoms with Crippen LogP contribution < -0.4 is 5.48 Å². The molecule has 0 spiro atoms. The molecule has 1 amide bonds. The molecule has 6 heteroatoms. The topological polar surface area (TPSA) is 88.0 Å². The Labute approximate surface area is 73.9 Å². The first-order valence-corrected chi connectivity index (χ1v) is 3.55. The Morgan fingerprint density at radius 2 is 2.46 bits per heavy atom. The van der Waals surface area contributed by atoms with Crippen molar-refractivity contribution in [1.82, 2.24) is 5.48 Å². The van der Waals surface area contributed by atoms with Gasteiger partial charge in [0.2, 0.25) is 0 Å². The van der Waals surface area contributed by atoms with Crippen LogP contribution in [0.2, 0.25) is 0 Å². The highest BCUT2D eigenvalue weighted by molar-refractivity contribution is 5.97. The van der Waals surface area contributed by atoms with Gasteiger partial charge in [-0.1, -0.05) is 0 Å². The van der Waals surface area contributed by atoms with Crippen molar-refractivity contribution in [3.63, 3.8) is 0 Å². The quantitative estimate of drug-likeness (QED) is 0.575. The van der Waals surface area contributed by atoms with E-state index in [0.29, 0.717) is 12.0 Å². The van der Waals surface area contributed by atoms with Crippen LogP contribution >= 0.6 is 0 Å². The van der Waals surface area contributed by atoms with Gasteiger partial charge < -0.3 is 5.11 Å². The Morgan fingerprint density at radius 3 is 3.00 bits per heavy atom. The second kappa shape index (κ2) is 4.36. The number of aliphatic imine (C=N–C) groups is 1. The smallest absolute Gasteiger partial charge is 0.332 e. The summed E-state index contributed by atoms with van der Waals surface area (Å²) in [5.41, 5.74) is 2.44. The minimum atomic E-state index is -1.14. The lowest BCUT2D eigenvalue weighted by Gasteiger charge is -2.02. The van der Waals surface area contributed by atoms with E-state index in [0.717, 1.165) is 0 Å². The zero-order chi connectivity index (χ0) is 9.68. The molecule has 1 aliphatic heterocycles. The fraction of sp³-hybridized carbons (Fsp3) is 0.286. The highest BCUT2D eigenvalue weighted by Gasteiger charge is 2.11. The van der Waals surface area contributed by atoms with E-state index in [1.54, 1.807) is 6.21 Å². The Bertz CT molecular complexity index is 282. The summed E-state index contributed by atoms with van der Waals surface area (Å²) in [5, 5.41) is 8.18. The first-order chi connectivity index (χ1) is 6.20. The van der Waals surface area contributed by atoms with Gasteiger partial charge in [-0.2, -0.15) is 0 Å². The van der Waals surface area contributed by atoms with Gasteiger partial charge in [-0.05, 0) is 0 Å². The number of aliphatic carboxylic acids is 1. The largest absolute Gasteiger partial charge is 0.479 e. The van der Waals surface area contributed by atoms with Crippen LogP contribution in [0.3, 0.4) is 0 Å². The molecule has 13 heavy (non-hydrogen) atoms. The average Bonchev–Trinajstić information content (AvgIpc) is 2.55. The van der Waals surface area contributed by atoms with E-state index in [4.69, 9.17) is 5.11 Å². The first kappa shape index (κ1) is 9.40. The molecule has 0 fully saturated rings. The summed E-state index contributed by atoms with van der Waals surface area (Å²) in [7, 11) is 0. The van der Waals surface area contributed by atoms with Gasteiger partial charge in [-0.25, -0.2) is 10.3 Å². The number of hydrogen-bond acceptors (Lipinski definition) is 4. The molecule has 1 rings (SSSR count). The minimum absolute atomic E-state index is 0.447. The van der Waals surface area contributed by atoms with Gasteiger partial charge in [-0.15, -0.1) is 0 Å². The molecule has 0 atom stereocenters. The second-order valence-electron chi connectivity index (χ2n) is 2.30. The lowest BCUT2D eigenvalue weighted by atomic mass is 10.2. The fourth-order valence-electron chi connectivity index (χ4n) is 0.727. The Hall–Kier alpha value is -1.69. The zero-order valence-corrected chi connectivity index (χ0v) is 6.69. The van der Waals surface area contributed by atoms with Crippen molar-refractivity contribution >= 4 is 18.1 Å². The molecule has 0 radical (unpaired) electrons. The monoisotopic (exact) mass is 184 g/mol. The number of carbonyl (C=O) groups is 2. The minimum Gasteiger partial charge on any atom is -0.479 e. The third kappa shape index (κ3) is 3.04. The third-order valence-corrected chi connectivity index (χ3v) is 1.30. The first-order valence-electron chi connectivity index (χ1n) is 3.55. The number of carbonyl (C=O) groups excluding carboxylic acids is 1. The van der Waals surface area contributed by atoms with E-state index >= 15 is 0 Å². The van der Waals surface area contributed by atoms with Crippen LogP contribution in [0.1, 0.15) is 6.42 Å². The molecule has 1 aliphatic rings. The number of nitrogens with zero attached hydrogens (tertiary/aromatic N) is 1.